The van der Waals surface area contributed by atoms with E-state index in [4.69, 9.17) is 10.2 Å². The number of carbonyl (C=O) groups excluding carboxylic acids is 1. The SMILES string of the molecule is CC(C)c1cc(C(=O)NC2CCN(c3ccc(C#N)cc3)CC2)c2ccccc2n1. The maximum atomic E-state index is 13.1. The van der Waals surface area contributed by atoms with Gasteiger partial charge in [0.05, 0.1) is 22.7 Å². The number of aromatic nitrogens is 1. The van der Waals surface area contributed by atoms with Crippen LogP contribution in [0.4, 0.5) is 5.69 Å². The predicted octanol–water partition coefficient (Wildman–Crippen LogP) is 4.63. The highest BCUT2D eigenvalue weighted by Crippen LogP contribution is 2.24. The van der Waals surface area contributed by atoms with Gasteiger partial charge in [0.2, 0.25) is 0 Å². The first-order valence-corrected chi connectivity index (χ1v) is 10.5. The highest BCUT2D eigenvalue weighted by Gasteiger charge is 2.23. The average molecular weight is 399 g/mol. The van der Waals surface area contributed by atoms with Crippen LogP contribution in [0.25, 0.3) is 10.9 Å². The smallest absolute Gasteiger partial charge is 0.252 e. The lowest BCUT2D eigenvalue weighted by molar-refractivity contribution is 0.0932. The molecule has 5 heteroatoms. The van der Waals surface area contributed by atoms with Crippen molar-refractivity contribution in [2.75, 3.05) is 18.0 Å². The molecule has 1 N–H and O–H groups in total. The number of amides is 1. The van der Waals surface area contributed by atoms with Gasteiger partial charge in [-0.3, -0.25) is 9.78 Å². The van der Waals surface area contributed by atoms with E-state index in [1.807, 2.05) is 54.6 Å². The van der Waals surface area contributed by atoms with Gasteiger partial charge in [-0.15, -0.1) is 0 Å². The number of piperidine rings is 1. The number of nitrogens with zero attached hydrogens (tertiary/aromatic N) is 3. The van der Waals surface area contributed by atoms with Crippen molar-refractivity contribution < 1.29 is 4.79 Å². The van der Waals surface area contributed by atoms with Crippen molar-refractivity contribution in [3.63, 3.8) is 0 Å². The first-order chi connectivity index (χ1) is 14.5. The van der Waals surface area contributed by atoms with Gasteiger partial charge in [-0.1, -0.05) is 32.0 Å². The molecule has 1 saturated heterocycles. The first kappa shape index (κ1) is 19.9. The van der Waals surface area contributed by atoms with Gasteiger partial charge in [0.15, 0.2) is 0 Å². The van der Waals surface area contributed by atoms with Crippen molar-refractivity contribution in [1.82, 2.24) is 10.3 Å². The lowest BCUT2D eigenvalue weighted by Gasteiger charge is -2.34. The van der Waals surface area contributed by atoms with Crippen LogP contribution in [0.1, 0.15) is 54.2 Å². The zero-order valence-electron chi connectivity index (χ0n) is 17.4. The third-order valence-corrected chi connectivity index (χ3v) is 5.76. The summed E-state index contributed by atoms with van der Waals surface area (Å²) in [4.78, 5) is 20.2. The number of benzene rings is 2. The number of carbonyl (C=O) groups is 1. The summed E-state index contributed by atoms with van der Waals surface area (Å²) in [6.45, 7) is 5.95. The summed E-state index contributed by atoms with van der Waals surface area (Å²) >= 11 is 0. The summed E-state index contributed by atoms with van der Waals surface area (Å²) in [6, 6.07) is 19.8. The highest BCUT2D eigenvalue weighted by molar-refractivity contribution is 6.06. The number of nitrogens with one attached hydrogen (secondary N) is 1. The van der Waals surface area contributed by atoms with E-state index in [0.717, 1.165) is 48.2 Å². The lowest BCUT2D eigenvalue weighted by atomic mass is 10.0. The Kier molecular flexibility index (Phi) is 5.67. The van der Waals surface area contributed by atoms with Crippen molar-refractivity contribution in [2.24, 2.45) is 0 Å². The van der Waals surface area contributed by atoms with Crippen molar-refractivity contribution >= 4 is 22.5 Å². The predicted molar refractivity (Wildman–Crippen MR) is 120 cm³/mol. The van der Waals surface area contributed by atoms with E-state index in [1.54, 1.807) is 0 Å². The Bertz CT molecular complexity index is 1090. The fraction of sp³-hybridized carbons (Fsp3) is 0.320. The molecule has 1 fully saturated rings. The molecule has 0 bridgehead atoms. The number of rotatable bonds is 4. The molecule has 0 atom stereocenters. The van der Waals surface area contributed by atoms with Crippen LogP contribution in [0, 0.1) is 11.3 Å². The van der Waals surface area contributed by atoms with Crippen LogP contribution >= 0.6 is 0 Å². The van der Waals surface area contributed by atoms with Gasteiger partial charge in [0, 0.05) is 35.9 Å². The summed E-state index contributed by atoms with van der Waals surface area (Å²) in [6.07, 6.45) is 1.79. The molecule has 4 rings (SSSR count). The molecule has 3 aromatic rings. The molecule has 1 amide bonds. The molecule has 0 saturated carbocycles. The number of hydrogen-bond acceptors (Lipinski definition) is 4. The van der Waals surface area contributed by atoms with E-state index < -0.39 is 0 Å². The van der Waals surface area contributed by atoms with Gasteiger partial charge < -0.3 is 10.2 Å². The molecule has 2 aromatic carbocycles. The van der Waals surface area contributed by atoms with Crippen LogP contribution in [0.2, 0.25) is 0 Å². The largest absolute Gasteiger partial charge is 0.371 e. The molecule has 0 radical (unpaired) electrons. The van der Waals surface area contributed by atoms with Crippen LogP contribution in [0.5, 0.6) is 0 Å². The van der Waals surface area contributed by atoms with E-state index in [2.05, 4.69) is 30.1 Å². The van der Waals surface area contributed by atoms with Crippen molar-refractivity contribution in [3.05, 3.63) is 71.4 Å². The summed E-state index contributed by atoms with van der Waals surface area (Å²) in [7, 11) is 0. The van der Waals surface area contributed by atoms with Crippen LogP contribution in [-0.2, 0) is 0 Å². The second-order valence-corrected chi connectivity index (χ2v) is 8.16. The Morgan fingerprint density at radius 1 is 1.13 bits per heavy atom. The average Bonchev–Trinajstić information content (AvgIpc) is 2.78. The minimum Gasteiger partial charge on any atom is -0.371 e. The molecule has 1 aromatic heterocycles. The van der Waals surface area contributed by atoms with E-state index in [0.29, 0.717) is 11.1 Å². The molecule has 0 spiro atoms. The van der Waals surface area contributed by atoms with E-state index in [1.165, 1.54) is 0 Å². The molecule has 1 aliphatic rings. The number of fused-ring (bicyclic) bond motifs is 1. The van der Waals surface area contributed by atoms with E-state index in [9.17, 15) is 4.79 Å². The van der Waals surface area contributed by atoms with E-state index in [-0.39, 0.29) is 17.9 Å². The van der Waals surface area contributed by atoms with Crippen LogP contribution in [-0.4, -0.2) is 30.0 Å². The monoisotopic (exact) mass is 398 g/mol. The molecule has 5 nitrogen and oxygen atoms in total. The van der Waals surface area contributed by atoms with Gasteiger partial charge in [-0.2, -0.15) is 5.26 Å². The number of hydrogen-bond donors (Lipinski definition) is 1. The zero-order chi connectivity index (χ0) is 21.1. The number of para-hydroxylation sites is 1. The van der Waals surface area contributed by atoms with Gasteiger partial charge in [0.1, 0.15) is 0 Å². The minimum atomic E-state index is -0.0210. The van der Waals surface area contributed by atoms with Crippen molar-refractivity contribution in [2.45, 2.75) is 38.6 Å². The molecule has 0 unspecified atom stereocenters. The fourth-order valence-corrected chi connectivity index (χ4v) is 3.97. The van der Waals surface area contributed by atoms with Crippen molar-refractivity contribution in [3.8, 4) is 6.07 Å². The van der Waals surface area contributed by atoms with E-state index >= 15 is 0 Å². The summed E-state index contributed by atoms with van der Waals surface area (Å²) in [5.41, 5.74) is 4.31. The third-order valence-electron chi connectivity index (χ3n) is 5.76. The highest BCUT2D eigenvalue weighted by atomic mass is 16.1. The number of anilines is 1. The maximum absolute atomic E-state index is 13.1. The molecular weight excluding hydrogens is 372 g/mol. The molecule has 30 heavy (non-hydrogen) atoms. The minimum absolute atomic E-state index is 0.0210. The number of pyridine rings is 1. The standard InChI is InChI=1S/C25H26N4O/c1-17(2)24-15-22(21-5-3-4-6-23(21)28-24)25(30)27-19-11-13-29(14-12-19)20-9-7-18(16-26)8-10-20/h3-10,15,17,19H,11-14H2,1-2H3,(H,27,30). The maximum Gasteiger partial charge on any atom is 0.252 e. The Hall–Kier alpha value is -3.39. The quantitative estimate of drug-likeness (QED) is 0.696. The van der Waals surface area contributed by atoms with Gasteiger partial charge in [0.25, 0.3) is 5.91 Å². The van der Waals surface area contributed by atoms with Crippen LogP contribution in [0.3, 0.4) is 0 Å². The first-order valence-electron chi connectivity index (χ1n) is 10.5. The molecular formula is C25H26N4O. The molecule has 2 heterocycles. The lowest BCUT2D eigenvalue weighted by Crippen LogP contribution is -2.44. The third kappa shape index (κ3) is 4.13. The Balaban J connectivity index is 1.46. The van der Waals surface area contributed by atoms with Crippen molar-refractivity contribution in [1.29, 1.82) is 5.26 Å². The van der Waals surface area contributed by atoms with Gasteiger partial charge in [-0.05, 0) is 55.2 Å². The zero-order valence-corrected chi connectivity index (χ0v) is 17.4. The summed E-state index contributed by atoms with van der Waals surface area (Å²) in [5.74, 6) is 0.240. The molecule has 0 aliphatic carbocycles. The topological polar surface area (TPSA) is 69.0 Å². The Morgan fingerprint density at radius 3 is 2.50 bits per heavy atom. The van der Waals surface area contributed by atoms with Crippen LogP contribution in [0.15, 0.2) is 54.6 Å². The van der Waals surface area contributed by atoms with Gasteiger partial charge >= 0.3 is 0 Å². The second-order valence-electron chi connectivity index (χ2n) is 8.16. The molecule has 152 valence electrons. The number of nitriles is 1. The normalized spacial score (nSPS) is 14.7. The molecule has 1 aliphatic heterocycles. The Morgan fingerprint density at radius 2 is 1.83 bits per heavy atom. The summed E-state index contributed by atoms with van der Waals surface area (Å²) < 4.78 is 0. The fourth-order valence-electron chi connectivity index (χ4n) is 3.97. The van der Waals surface area contributed by atoms with Crippen LogP contribution < -0.4 is 10.2 Å². The Labute approximate surface area is 177 Å². The van der Waals surface area contributed by atoms with Gasteiger partial charge in [-0.25, -0.2) is 0 Å². The summed E-state index contributed by atoms with van der Waals surface area (Å²) in [5, 5.41) is 13.1. The second kappa shape index (κ2) is 8.54.